The third-order valence-electron chi connectivity index (χ3n) is 2.59. The van der Waals surface area contributed by atoms with Gasteiger partial charge in [-0.2, -0.15) is 0 Å². The molecule has 0 saturated heterocycles. The Morgan fingerprint density at radius 3 is 2.53 bits per heavy atom. The normalized spacial score (nSPS) is 10.0. The maximum Gasteiger partial charge on any atom is 0.338 e. The van der Waals surface area contributed by atoms with Crippen LogP contribution >= 0.6 is 0 Å². The molecule has 0 heterocycles. The standard InChI is InChI=1S/C15H13FO3/c1-18-14-7-5-11(6-8-14)10-19-15(17)12-3-2-4-13(16)9-12/h2-9H,10H2,1H3. The SMILES string of the molecule is COc1ccc(COC(=O)c2cccc(F)c2)cc1. The van der Waals surface area contributed by atoms with Gasteiger partial charge in [0.25, 0.3) is 0 Å². The number of methoxy groups -OCH3 is 1. The molecule has 0 aliphatic heterocycles. The summed E-state index contributed by atoms with van der Waals surface area (Å²) in [5, 5.41) is 0. The van der Waals surface area contributed by atoms with Gasteiger partial charge in [-0.05, 0) is 35.9 Å². The number of benzene rings is 2. The van der Waals surface area contributed by atoms with Crippen molar-refractivity contribution in [1.82, 2.24) is 0 Å². The van der Waals surface area contributed by atoms with Gasteiger partial charge in [-0.15, -0.1) is 0 Å². The minimum absolute atomic E-state index is 0.138. The Morgan fingerprint density at radius 1 is 1.16 bits per heavy atom. The van der Waals surface area contributed by atoms with E-state index in [1.165, 1.54) is 18.2 Å². The van der Waals surface area contributed by atoms with E-state index in [-0.39, 0.29) is 12.2 Å². The monoisotopic (exact) mass is 260 g/mol. The number of esters is 1. The number of carbonyl (C=O) groups is 1. The topological polar surface area (TPSA) is 35.5 Å². The average molecular weight is 260 g/mol. The summed E-state index contributed by atoms with van der Waals surface area (Å²) in [6.45, 7) is 0.138. The van der Waals surface area contributed by atoms with Crippen LogP contribution in [0.3, 0.4) is 0 Å². The van der Waals surface area contributed by atoms with E-state index in [1.54, 1.807) is 31.4 Å². The van der Waals surface area contributed by atoms with Crippen molar-refractivity contribution in [2.45, 2.75) is 6.61 Å². The summed E-state index contributed by atoms with van der Waals surface area (Å²) < 4.78 is 23.1. The molecule has 0 amide bonds. The average Bonchev–Trinajstić information content (AvgIpc) is 2.45. The smallest absolute Gasteiger partial charge is 0.338 e. The van der Waals surface area contributed by atoms with Crippen LogP contribution in [0.15, 0.2) is 48.5 Å². The van der Waals surface area contributed by atoms with Crippen LogP contribution in [0.1, 0.15) is 15.9 Å². The highest BCUT2D eigenvalue weighted by molar-refractivity contribution is 5.89. The first kappa shape index (κ1) is 13.1. The third-order valence-corrected chi connectivity index (χ3v) is 2.59. The number of halogens is 1. The molecule has 0 unspecified atom stereocenters. The molecule has 0 spiro atoms. The Morgan fingerprint density at radius 2 is 1.89 bits per heavy atom. The molecule has 0 aliphatic rings. The predicted octanol–water partition coefficient (Wildman–Crippen LogP) is 3.19. The number of ether oxygens (including phenoxy) is 2. The Balaban J connectivity index is 1.96. The van der Waals surface area contributed by atoms with Crippen molar-refractivity contribution < 1.29 is 18.7 Å². The van der Waals surface area contributed by atoms with E-state index >= 15 is 0 Å². The summed E-state index contributed by atoms with van der Waals surface area (Å²) in [5.41, 5.74) is 1.04. The first-order valence-corrected chi connectivity index (χ1v) is 5.74. The van der Waals surface area contributed by atoms with Gasteiger partial charge in [0, 0.05) is 0 Å². The molecule has 19 heavy (non-hydrogen) atoms. The van der Waals surface area contributed by atoms with E-state index in [0.29, 0.717) is 0 Å². The lowest BCUT2D eigenvalue weighted by Crippen LogP contribution is -2.05. The van der Waals surface area contributed by atoms with E-state index in [4.69, 9.17) is 9.47 Å². The molecule has 0 fully saturated rings. The Hall–Kier alpha value is -2.36. The quantitative estimate of drug-likeness (QED) is 0.792. The summed E-state index contributed by atoms with van der Waals surface area (Å²) in [5.74, 6) is -0.269. The van der Waals surface area contributed by atoms with Gasteiger partial charge in [0.15, 0.2) is 0 Å². The molecule has 4 heteroatoms. The van der Waals surface area contributed by atoms with Gasteiger partial charge in [0.1, 0.15) is 18.2 Å². The highest BCUT2D eigenvalue weighted by Crippen LogP contribution is 2.13. The van der Waals surface area contributed by atoms with E-state index in [2.05, 4.69) is 0 Å². The number of carbonyl (C=O) groups excluding carboxylic acids is 1. The number of rotatable bonds is 4. The summed E-state index contributed by atoms with van der Waals surface area (Å²) in [7, 11) is 1.58. The lowest BCUT2D eigenvalue weighted by atomic mass is 10.2. The zero-order valence-electron chi connectivity index (χ0n) is 10.4. The Kier molecular flexibility index (Phi) is 4.13. The Labute approximate surface area is 110 Å². The fourth-order valence-corrected chi connectivity index (χ4v) is 1.57. The molecule has 0 radical (unpaired) electrons. The fraction of sp³-hybridized carbons (Fsp3) is 0.133. The lowest BCUT2D eigenvalue weighted by Gasteiger charge is -2.06. The van der Waals surface area contributed by atoms with Crippen LogP contribution in [0.25, 0.3) is 0 Å². The van der Waals surface area contributed by atoms with E-state index < -0.39 is 11.8 Å². The van der Waals surface area contributed by atoms with E-state index in [1.807, 2.05) is 0 Å². The van der Waals surface area contributed by atoms with Crippen molar-refractivity contribution in [2.24, 2.45) is 0 Å². The zero-order valence-corrected chi connectivity index (χ0v) is 10.4. The minimum Gasteiger partial charge on any atom is -0.497 e. The second-order valence-corrected chi connectivity index (χ2v) is 3.93. The van der Waals surface area contributed by atoms with Gasteiger partial charge < -0.3 is 9.47 Å². The molecule has 98 valence electrons. The van der Waals surface area contributed by atoms with Crippen LogP contribution < -0.4 is 4.74 Å². The second kappa shape index (κ2) is 6.00. The summed E-state index contributed by atoms with van der Waals surface area (Å²) in [6, 6.07) is 12.6. The third kappa shape index (κ3) is 3.55. The second-order valence-electron chi connectivity index (χ2n) is 3.93. The summed E-state index contributed by atoms with van der Waals surface area (Å²) in [6.07, 6.45) is 0. The van der Waals surface area contributed by atoms with Gasteiger partial charge >= 0.3 is 5.97 Å². The number of hydrogen-bond acceptors (Lipinski definition) is 3. The lowest BCUT2D eigenvalue weighted by molar-refractivity contribution is 0.0472. The highest BCUT2D eigenvalue weighted by atomic mass is 19.1. The molecule has 2 aromatic rings. The first-order chi connectivity index (χ1) is 9.19. The molecule has 2 aromatic carbocycles. The molecule has 0 atom stereocenters. The summed E-state index contributed by atoms with van der Waals surface area (Å²) >= 11 is 0. The first-order valence-electron chi connectivity index (χ1n) is 5.74. The van der Waals surface area contributed by atoms with E-state index in [0.717, 1.165) is 17.4 Å². The van der Waals surface area contributed by atoms with Gasteiger partial charge in [0.05, 0.1) is 12.7 Å². The molecular weight excluding hydrogens is 247 g/mol. The maximum absolute atomic E-state index is 13.0. The Bertz CT molecular complexity index is 564. The van der Waals surface area contributed by atoms with Gasteiger partial charge in [-0.3, -0.25) is 0 Å². The molecule has 0 aliphatic carbocycles. The van der Waals surface area contributed by atoms with Gasteiger partial charge in [-0.1, -0.05) is 18.2 Å². The highest BCUT2D eigenvalue weighted by Gasteiger charge is 2.08. The molecule has 3 nitrogen and oxygen atoms in total. The van der Waals surface area contributed by atoms with Crippen LogP contribution in [0.5, 0.6) is 5.75 Å². The summed E-state index contributed by atoms with van der Waals surface area (Å²) in [4.78, 5) is 11.7. The van der Waals surface area contributed by atoms with Crippen LogP contribution in [0, 0.1) is 5.82 Å². The van der Waals surface area contributed by atoms with Crippen molar-refractivity contribution in [3.63, 3.8) is 0 Å². The van der Waals surface area contributed by atoms with Gasteiger partial charge in [-0.25, -0.2) is 9.18 Å². The zero-order chi connectivity index (χ0) is 13.7. The van der Waals surface area contributed by atoms with Crippen LogP contribution in [0.2, 0.25) is 0 Å². The largest absolute Gasteiger partial charge is 0.497 e. The molecule has 0 aromatic heterocycles. The molecule has 0 bridgehead atoms. The van der Waals surface area contributed by atoms with Crippen molar-refractivity contribution in [3.05, 3.63) is 65.5 Å². The number of hydrogen-bond donors (Lipinski definition) is 0. The van der Waals surface area contributed by atoms with E-state index in [9.17, 15) is 9.18 Å². The van der Waals surface area contributed by atoms with Crippen molar-refractivity contribution in [3.8, 4) is 5.75 Å². The van der Waals surface area contributed by atoms with Crippen LogP contribution in [0.4, 0.5) is 4.39 Å². The minimum atomic E-state index is -0.546. The van der Waals surface area contributed by atoms with Crippen molar-refractivity contribution in [1.29, 1.82) is 0 Å². The van der Waals surface area contributed by atoms with Gasteiger partial charge in [0.2, 0.25) is 0 Å². The van der Waals surface area contributed by atoms with Crippen LogP contribution in [-0.2, 0) is 11.3 Å². The molecular formula is C15H13FO3. The molecule has 2 rings (SSSR count). The predicted molar refractivity (Wildman–Crippen MR) is 68.5 cm³/mol. The fourth-order valence-electron chi connectivity index (χ4n) is 1.57. The van der Waals surface area contributed by atoms with Crippen molar-refractivity contribution in [2.75, 3.05) is 7.11 Å². The molecule has 0 saturated carbocycles. The van der Waals surface area contributed by atoms with Crippen LogP contribution in [-0.4, -0.2) is 13.1 Å². The van der Waals surface area contributed by atoms with Crippen molar-refractivity contribution >= 4 is 5.97 Å². The maximum atomic E-state index is 13.0. The molecule has 0 N–H and O–H groups in total.